The number of imidazole rings is 1. The summed E-state index contributed by atoms with van der Waals surface area (Å²) in [6.45, 7) is 4.35. The third kappa shape index (κ3) is 7.63. The van der Waals surface area contributed by atoms with Gasteiger partial charge in [0.2, 0.25) is 0 Å². The molecule has 0 aliphatic rings. The van der Waals surface area contributed by atoms with E-state index in [0.29, 0.717) is 6.04 Å². The van der Waals surface area contributed by atoms with Crippen LogP contribution >= 0.6 is 0 Å². The first kappa shape index (κ1) is 13.0. The molecular weight excluding hydrogens is 199 g/mol. The van der Waals surface area contributed by atoms with Crippen LogP contribution in [0, 0.1) is 0 Å². The summed E-state index contributed by atoms with van der Waals surface area (Å²) in [5, 5.41) is 0. The van der Waals surface area contributed by atoms with Gasteiger partial charge in [-0.1, -0.05) is 6.92 Å². The zero-order valence-electron chi connectivity index (χ0n) is 8.00. The summed E-state index contributed by atoms with van der Waals surface area (Å²) in [6, 6.07) is 0.590. The fraction of sp³-hybridized carbons (Fsp3) is 0.571. The van der Waals surface area contributed by atoms with Crippen LogP contribution in [0.1, 0.15) is 26.3 Å². The lowest BCUT2D eigenvalue weighted by Gasteiger charge is -2.07. The molecule has 0 aromatic carbocycles. The SMILES string of the molecule is CCC(C)n1ccnc1.F[B-](F)(F)F. The van der Waals surface area contributed by atoms with Crippen LogP contribution in [-0.4, -0.2) is 16.8 Å². The van der Waals surface area contributed by atoms with Crippen molar-refractivity contribution in [1.82, 2.24) is 9.55 Å². The highest BCUT2D eigenvalue weighted by atomic mass is 19.5. The molecule has 0 aliphatic carbocycles. The van der Waals surface area contributed by atoms with Crippen molar-refractivity contribution in [2.24, 2.45) is 0 Å². The molecule has 1 aromatic rings. The van der Waals surface area contributed by atoms with E-state index in [4.69, 9.17) is 0 Å². The number of aromatic nitrogens is 2. The molecule has 0 bridgehead atoms. The Bertz CT molecular complexity index is 228. The van der Waals surface area contributed by atoms with Crippen LogP contribution in [-0.2, 0) is 0 Å². The average Bonchev–Trinajstić information content (AvgIpc) is 2.51. The monoisotopic (exact) mass is 211 g/mol. The summed E-state index contributed by atoms with van der Waals surface area (Å²) in [5.41, 5.74) is 0. The molecule has 82 valence electrons. The van der Waals surface area contributed by atoms with Crippen molar-refractivity contribution in [3.8, 4) is 0 Å². The van der Waals surface area contributed by atoms with Crippen LogP contribution in [0.5, 0.6) is 0 Å². The summed E-state index contributed by atoms with van der Waals surface area (Å²) in [4.78, 5) is 3.95. The second-order valence-corrected chi connectivity index (χ2v) is 2.76. The molecule has 0 N–H and O–H groups in total. The third-order valence-corrected chi connectivity index (χ3v) is 1.62. The van der Waals surface area contributed by atoms with Gasteiger partial charge in [0.05, 0.1) is 6.33 Å². The van der Waals surface area contributed by atoms with E-state index in [1.807, 2.05) is 18.7 Å². The number of hydrogen-bond acceptors (Lipinski definition) is 1. The molecule has 0 fully saturated rings. The highest BCUT2D eigenvalue weighted by Crippen LogP contribution is 2.07. The van der Waals surface area contributed by atoms with E-state index in [9.17, 15) is 17.3 Å². The molecule has 0 saturated heterocycles. The Morgan fingerprint density at radius 2 is 1.86 bits per heavy atom. The van der Waals surface area contributed by atoms with Gasteiger partial charge in [-0.15, -0.1) is 0 Å². The fourth-order valence-corrected chi connectivity index (χ4v) is 0.741. The minimum Gasteiger partial charge on any atom is -0.418 e. The van der Waals surface area contributed by atoms with E-state index < -0.39 is 7.25 Å². The molecule has 1 rings (SSSR count). The Morgan fingerprint density at radius 1 is 1.36 bits per heavy atom. The molecule has 2 nitrogen and oxygen atoms in total. The summed E-state index contributed by atoms with van der Waals surface area (Å²) >= 11 is 0. The van der Waals surface area contributed by atoms with Crippen molar-refractivity contribution in [1.29, 1.82) is 0 Å². The van der Waals surface area contributed by atoms with Crippen molar-refractivity contribution in [2.45, 2.75) is 26.3 Å². The standard InChI is InChI=1S/C7H12N2.BF4/c1-3-7(2)9-5-4-8-6-9;2-1(3,4)5/h4-7H,3H2,1-2H3;/q;-1. The first-order valence-electron chi connectivity index (χ1n) is 4.19. The van der Waals surface area contributed by atoms with Crippen LogP contribution in [0.2, 0.25) is 0 Å². The second-order valence-electron chi connectivity index (χ2n) is 2.76. The minimum absolute atomic E-state index is 0.590. The smallest absolute Gasteiger partial charge is 0.418 e. The Kier molecular flexibility index (Phi) is 5.26. The number of rotatable bonds is 2. The molecule has 0 aliphatic heterocycles. The first-order valence-corrected chi connectivity index (χ1v) is 4.19. The quantitative estimate of drug-likeness (QED) is 0.542. The molecule has 7 heteroatoms. The molecule has 1 aromatic heterocycles. The van der Waals surface area contributed by atoms with Gasteiger partial charge in [-0.25, -0.2) is 4.98 Å². The largest absolute Gasteiger partial charge is 0.673 e. The molecule has 0 spiro atoms. The number of hydrogen-bond donors (Lipinski definition) is 0. The molecule has 1 heterocycles. The van der Waals surface area contributed by atoms with Gasteiger partial charge in [0.25, 0.3) is 0 Å². The maximum absolute atomic E-state index is 9.75. The molecule has 1 unspecified atom stereocenters. The van der Waals surface area contributed by atoms with E-state index in [1.54, 1.807) is 0 Å². The Morgan fingerprint density at radius 3 is 2.14 bits per heavy atom. The Balaban J connectivity index is 0.000000292. The maximum atomic E-state index is 9.75. The topological polar surface area (TPSA) is 17.8 Å². The zero-order valence-corrected chi connectivity index (χ0v) is 8.00. The van der Waals surface area contributed by atoms with Crippen LogP contribution in [0.25, 0.3) is 0 Å². The van der Waals surface area contributed by atoms with Gasteiger partial charge in [-0.05, 0) is 13.3 Å². The van der Waals surface area contributed by atoms with Crippen LogP contribution < -0.4 is 0 Å². The lowest BCUT2D eigenvalue weighted by molar-refractivity contribution is 0.368. The maximum Gasteiger partial charge on any atom is 0.673 e. The van der Waals surface area contributed by atoms with Crippen LogP contribution in [0.3, 0.4) is 0 Å². The lowest BCUT2D eigenvalue weighted by Crippen LogP contribution is -2.02. The van der Waals surface area contributed by atoms with Crippen molar-refractivity contribution in [2.75, 3.05) is 0 Å². The summed E-state index contributed by atoms with van der Waals surface area (Å²) in [6.07, 6.45) is 6.82. The number of halogens is 4. The predicted molar refractivity (Wildman–Crippen MR) is 47.4 cm³/mol. The van der Waals surface area contributed by atoms with Gasteiger partial charge >= 0.3 is 7.25 Å². The van der Waals surface area contributed by atoms with Gasteiger partial charge in [-0.2, -0.15) is 0 Å². The fourth-order valence-electron chi connectivity index (χ4n) is 0.741. The molecule has 0 radical (unpaired) electrons. The summed E-state index contributed by atoms with van der Waals surface area (Å²) in [7, 11) is -6.00. The van der Waals surface area contributed by atoms with Gasteiger partial charge in [-0.3, -0.25) is 0 Å². The summed E-state index contributed by atoms with van der Waals surface area (Å²) < 4.78 is 41.1. The minimum atomic E-state index is -6.00. The van der Waals surface area contributed by atoms with E-state index >= 15 is 0 Å². The average molecular weight is 211 g/mol. The molecule has 14 heavy (non-hydrogen) atoms. The zero-order chi connectivity index (χ0) is 11.2. The predicted octanol–water partition coefficient (Wildman–Crippen LogP) is 3.15. The van der Waals surface area contributed by atoms with Gasteiger partial charge in [0, 0.05) is 18.4 Å². The Hall–Kier alpha value is -1.01. The molecule has 1 atom stereocenters. The Labute approximate surface area is 80.1 Å². The molecule has 0 amide bonds. The normalized spacial score (nSPS) is 13.0. The van der Waals surface area contributed by atoms with Crippen molar-refractivity contribution < 1.29 is 17.3 Å². The highest BCUT2D eigenvalue weighted by molar-refractivity contribution is 6.50. The van der Waals surface area contributed by atoms with E-state index in [-0.39, 0.29) is 0 Å². The van der Waals surface area contributed by atoms with Gasteiger partial charge in [0.15, 0.2) is 0 Å². The molecule has 0 saturated carbocycles. The number of nitrogens with zero attached hydrogens (tertiary/aromatic N) is 2. The summed E-state index contributed by atoms with van der Waals surface area (Å²) in [5.74, 6) is 0. The molecular formula is C7H12BF4N2-. The van der Waals surface area contributed by atoms with E-state index in [1.165, 1.54) is 0 Å². The van der Waals surface area contributed by atoms with Gasteiger partial charge in [0.1, 0.15) is 0 Å². The van der Waals surface area contributed by atoms with E-state index in [2.05, 4.69) is 23.4 Å². The third-order valence-electron chi connectivity index (χ3n) is 1.62. The van der Waals surface area contributed by atoms with E-state index in [0.717, 1.165) is 6.42 Å². The first-order chi connectivity index (χ1) is 6.34. The van der Waals surface area contributed by atoms with Crippen molar-refractivity contribution in [3.05, 3.63) is 18.7 Å². The van der Waals surface area contributed by atoms with Crippen molar-refractivity contribution in [3.63, 3.8) is 0 Å². The highest BCUT2D eigenvalue weighted by Gasteiger charge is 2.20. The van der Waals surface area contributed by atoms with Gasteiger partial charge < -0.3 is 21.8 Å². The van der Waals surface area contributed by atoms with Crippen molar-refractivity contribution >= 4 is 7.25 Å². The van der Waals surface area contributed by atoms with Crippen LogP contribution in [0.4, 0.5) is 17.3 Å². The van der Waals surface area contributed by atoms with Crippen LogP contribution in [0.15, 0.2) is 18.7 Å². The second kappa shape index (κ2) is 5.67. The lowest BCUT2D eigenvalue weighted by atomic mass is 10.3.